The third-order valence-electron chi connectivity index (χ3n) is 4.77. The van der Waals surface area contributed by atoms with E-state index in [4.69, 9.17) is 13.7 Å². The molecule has 8 nitrogen and oxygen atoms in total. The second kappa shape index (κ2) is 8.74. The van der Waals surface area contributed by atoms with Crippen molar-refractivity contribution in [2.45, 2.75) is 38.6 Å². The van der Waals surface area contributed by atoms with Gasteiger partial charge in [0.2, 0.25) is 5.91 Å². The van der Waals surface area contributed by atoms with Crippen LogP contribution in [0.4, 0.5) is 0 Å². The highest BCUT2D eigenvalue weighted by Gasteiger charge is 2.23. The van der Waals surface area contributed by atoms with Crippen molar-refractivity contribution in [3.63, 3.8) is 0 Å². The van der Waals surface area contributed by atoms with Crippen LogP contribution < -0.4 is 10.1 Å². The SMILES string of the molecule is COc1ccc(-c2onc(C)c2C)cc1S(=O)(=O)CCC(=O)NCc1ccc(C)o1. The summed E-state index contributed by atoms with van der Waals surface area (Å²) in [5.41, 5.74) is 2.13. The zero-order valence-corrected chi connectivity index (χ0v) is 18.1. The maximum Gasteiger partial charge on any atom is 0.221 e. The van der Waals surface area contributed by atoms with Gasteiger partial charge < -0.3 is 19.0 Å². The molecule has 0 atom stereocenters. The molecule has 3 aromatic rings. The lowest BCUT2D eigenvalue weighted by atomic mass is 10.1. The van der Waals surface area contributed by atoms with Crippen LogP contribution in [-0.2, 0) is 21.2 Å². The van der Waals surface area contributed by atoms with Crippen molar-refractivity contribution in [1.82, 2.24) is 10.5 Å². The number of benzene rings is 1. The van der Waals surface area contributed by atoms with E-state index in [9.17, 15) is 13.2 Å². The molecule has 3 rings (SSSR count). The molecule has 1 aromatic carbocycles. The number of methoxy groups -OCH3 is 1. The van der Waals surface area contributed by atoms with Crippen molar-refractivity contribution in [2.24, 2.45) is 0 Å². The van der Waals surface area contributed by atoms with E-state index in [2.05, 4.69) is 10.5 Å². The molecule has 2 aromatic heterocycles. The number of nitrogens with zero attached hydrogens (tertiary/aromatic N) is 1. The second-order valence-electron chi connectivity index (χ2n) is 6.95. The molecule has 2 heterocycles. The topological polar surface area (TPSA) is 112 Å². The zero-order chi connectivity index (χ0) is 21.9. The van der Waals surface area contributed by atoms with Gasteiger partial charge in [0, 0.05) is 17.5 Å². The van der Waals surface area contributed by atoms with E-state index in [0.717, 1.165) is 17.0 Å². The fourth-order valence-electron chi connectivity index (χ4n) is 2.94. The molecule has 0 aliphatic rings. The number of aryl methyl sites for hydroxylation is 2. The van der Waals surface area contributed by atoms with Gasteiger partial charge in [-0.25, -0.2) is 8.42 Å². The fourth-order valence-corrected chi connectivity index (χ4v) is 4.38. The number of sulfone groups is 1. The van der Waals surface area contributed by atoms with Crippen molar-refractivity contribution in [2.75, 3.05) is 12.9 Å². The van der Waals surface area contributed by atoms with Gasteiger partial charge in [0.1, 0.15) is 22.2 Å². The zero-order valence-electron chi connectivity index (χ0n) is 17.3. The molecule has 0 bridgehead atoms. The van der Waals surface area contributed by atoms with Gasteiger partial charge in [-0.2, -0.15) is 0 Å². The summed E-state index contributed by atoms with van der Waals surface area (Å²) in [4.78, 5) is 12.1. The monoisotopic (exact) mass is 432 g/mol. The minimum Gasteiger partial charge on any atom is -0.495 e. The molecule has 0 saturated heterocycles. The summed E-state index contributed by atoms with van der Waals surface area (Å²) < 4.78 is 41.8. The normalized spacial score (nSPS) is 11.5. The average molecular weight is 432 g/mol. The van der Waals surface area contributed by atoms with Crippen LogP contribution >= 0.6 is 0 Å². The summed E-state index contributed by atoms with van der Waals surface area (Å²) in [5.74, 6) is 1.31. The standard InChI is InChI=1S/C21H24N2O6S/c1-13-5-7-17(28-13)12-22-20(24)9-10-30(25,26)19-11-16(6-8-18(19)27-4)21-14(2)15(3)23-29-21/h5-8,11H,9-10,12H2,1-4H3,(H,22,24). The Labute approximate surface area is 175 Å². The maximum absolute atomic E-state index is 12.9. The van der Waals surface area contributed by atoms with Gasteiger partial charge in [-0.15, -0.1) is 0 Å². The van der Waals surface area contributed by atoms with E-state index in [1.54, 1.807) is 31.2 Å². The molecular formula is C21H24N2O6S. The first-order valence-electron chi connectivity index (χ1n) is 9.37. The van der Waals surface area contributed by atoms with Crippen LogP contribution in [0.25, 0.3) is 11.3 Å². The third kappa shape index (κ3) is 4.73. The molecule has 1 N–H and O–H groups in total. The van der Waals surface area contributed by atoms with Crippen LogP contribution in [0.2, 0.25) is 0 Å². The molecule has 0 spiro atoms. The quantitative estimate of drug-likeness (QED) is 0.581. The van der Waals surface area contributed by atoms with Crippen LogP contribution in [0.15, 0.2) is 44.2 Å². The number of rotatable bonds is 8. The molecule has 0 aliphatic heterocycles. The molecule has 0 aliphatic carbocycles. The predicted octanol–water partition coefficient (Wildman–Crippen LogP) is 3.35. The lowest BCUT2D eigenvalue weighted by Gasteiger charge is -2.11. The average Bonchev–Trinajstić information content (AvgIpc) is 3.29. The Balaban J connectivity index is 1.74. The van der Waals surface area contributed by atoms with E-state index in [1.807, 2.05) is 13.8 Å². The van der Waals surface area contributed by atoms with Gasteiger partial charge in [0.25, 0.3) is 0 Å². The third-order valence-corrected chi connectivity index (χ3v) is 6.50. The first-order chi connectivity index (χ1) is 14.2. The molecule has 0 saturated carbocycles. The lowest BCUT2D eigenvalue weighted by Crippen LogP contribution is -2.25. The number of hydrogen-bond acceptors (Lipinski definition) is 7. The smallest absolute Gasteiger partial charge is 0.221 e. The van der Waals surface area contributed by atoms with E-state index in [0.29, 0.717) is 17.1 Å². The molecule has 9 heteroatoms. The summed E-state index contributed by atoms with van der Waals surface area (Å²) in [5, 5.41) is 6.58. The Hall–Kier alpha value is -3.07. The number of aromatic nitrogens is 1. The number of carbonyl (C=O) groups excluding carboxylic acids is 1. The maximum atomic E-state index is 12.9. The highest BCUT2D eigenvalue weighted by molar-refractivity contribution is 7.91. The van der Waals surface area contributed by atoms with Gasteiger partial charge in [0.05, 0.1) is 25.1 Å². The largest absolute Gasteiger partial charge is 0.495 e. The Kier molecular flexibility index (Phi) is 6.31. The second-order valence-corrected chi connectivity index (χ2v) is 9.02. The van der Waals surface area contributed by atoms with Gasteiger partial charge in [0.15, 0.2) is 15.6 Å². The van der Waals surface area contributed by atoms with E-state index in [-0.39, 0.29) is 35.3 Å². The highest BCUT2D eigenvalue weighted by atomic mass is 32.2. The molecule has 160 valence electrons. The van der Waals surface area contributed by atoms with Gasteiger partial charge >= 0.3 is 0 Å². The van der Waals surface area contributed by atoms with Crippen molar-refractivity contribution < 1.29 is 26.9 Å². The minimum atomic E-state index is -3.78. The van der Waals surface area contributed by atoms with Crippen LogP contribution in [0.5, 0.6) is 5.75 Å². The summed E-state index contributed by atoms with van der Waals surface area (Å²) in [6, 6.07) is 8.32. The van der Waals surface area contributed by atoms with Crippen LogP contribution in [0.1, 0.15) is 29.2 Å². The summed E-state index contributed by atoms with van der Waals surface area (Å²) in [6.45, 7) is 5.67. The fraction of sp³-hybridized carbons (Fsp3) is 0.333. The Morgan fingerprint density at radius 1 is 1.17 bits per heavy atom. The molecule has 30 heavy (non-hydrogen) atoms. The minimum absolute atomic E-state index is 0.00501. The van der Waals surface area contributed by atoms with Crippen LogP contribution in [-0.4, -0.2) is 32.3 Å². The molecule has 0 radical (unpaired) electrons. The Morgan fingerprint density at radius 2 is 1.93 bits per heavy atom. The number of nitrogens with one attached hydrogen (secondary N) is 1. The van der Waals surface area contributed by atoms with Crippen LogP contribution in [0.3, 0.4) is 0 Å². The van der Waals surface area contributed by atoms with Crippen molar-refractivity contribution >= 4 is 15.7 Å². The van der Waals surface area contributed by atoms with Gasteiger partial charge in [-0.1, -0.05) is 5.16 Å². The van der Waals surface area contributed by atoms with Crippen LogP contribution in [0, 0.1) is 20.8 Å². The molecule has 0 unspecified atom stereocenters. The lowest BCUT2D eigenvalue weighted by molar-refractivity contribution is -0.120. The summed E-state index contributed by atoms with van der Waals surface area (Å²) in [6.07, 6.45) is -0.185. The molecule has 1 amide bonds. The summed E-state index contributed by atoms with van der Waals surface area (Å²) >= 11 is 0. The van der Waals surface area contributed by atoms with Gasteiger partial charge in [-0.3, -0.25) is 4.79 Å². The van der Waals surface area contributed by atoms with Crippen molar-refractivity contribution in [3.05, 3.63) is 53.1 Å². The Morgan fingerprint density at radius 3 is 2.53 bits per heavy atom. The van der Waals surface area contributed by atoms with E-state index < -0.39 is 9.84 Å². The van der Waals surface area contributed by atoms with Crippen molar-refractivity contribution in [1.29, 1.82) is 0 Å². The first-order valence-corrected chi connectivity index (χ1v) is 11.0. The number of ether oxygens (including phenoxy) is 1. The van der Waals surface area contributed by atoms with E-state index in [1.165, 1.54) is 13.2 Å². The number of amides is 1. The van der Waals surface area contributed by atoms with Crippen molar-refractivity contribution in [3.8, 4) is 17.1 Å². The number of hydrogen-bond donors (Lipinski definition) is 1. The van der Waals surface area contributed by atoms with Gasteiger partial charge in [-0.05, 0) is 51.1 Å². The highest BCUT2D eigenvalue weighted by Crippen LogP contribution is 2.33. The predicted molar refractivity (Wildman–Crippen MR) is 110 cm³/mol. The first kappa shape index (κ1) is 21.6. The Bertz CT molecular complexity index is 1160. The molecular weight excluding hydrogens is 408 g/mol. The number of carbonyl (C=O) groups is 1. The van der Waals surface area contributed by atoms with E-state index >= 15 is 0 Å². The number of furan rings is 1. The molecule has 0 fully saturated rings. The summed E-state index contributed by atoms with van der Waals surface area (Å²) in [7, 11) is -2.39.